The lowest BCUT2D eigenvalue weighted by Gasteiger charge is -2.21. The number of allylic oxidation sites excluding steroid dienone is 2. The fourth-order valence-corrected chi connectivity index (χ4v) is 3.59. The minimum atomic E-state index is -0.449. The number of aromatic nitrogens is 2. The first-order valence-corrected chi connectivity index (χ1v) is 8.31. The SMILES string of the molecule is CC1=CC[C@H]2CN(C(=O)c3cc(C(C)(C)C)[nH]c(=O)n3)C[C@H]2C1. The van der Waals surface area contributed by atoms with Gasteiger partial charge in [-0.3, -0.25) is 4.79 Å². The molecule has 5 heteroatoms. The number of hydrogen-bond acceptors (Lipinski definition) is 3. The Hall–Kier alpha value is -1.91. The summed E-state index contributed by atoms with van der Waals surface area (Å²) >= 11 is 0. The molecule has 2 atom stereocenters. The van der Waals surface area contributed by atoms with E-state index in [1.807, 2.05) is 25.7 Å². The number of fused-ring (bicyclic) bond motifs is 1. The van der Waals surface area contributed by atoms with Gasteiger partial charge in [-0.15, -0.1) is 0 Å². The second kappa shape index (κ2) is 5.62. The van der Waals surface area contributed by atoms with E-state index < -0.39 is 5.69 Å². The maximum Gasteiger partial charge on any atom is 0.345 e. The van der Waals surface area contributed by atoms with E-state index in [4.69, 9.17) is 0 Å². The molecule has 3 rings (SSSR count). The van der Waals surface area contributed by atoms with Crippen LogP contribution in [0.5, 0.6) is 0 Å². The molecule has 1 fully saturated rings. The van der Waals surface area contributed by atoms with Crippen LogP contribution in [0.4, 0.5) is 0 Å². The third-order valence-corrected chi connectivity index (χ3v) is 4.99. The fraction of sp³-hybridized carbons (Fsp3) is 0.611. The zero-order valence-electron chi connectivity index (χ0n) is 14.3. The summed E-state index contributed by atoms with van der Waals surface area (Å²) in [6.07, 6.45) is 4.42. The monoisotopic (exact) mass is 315 g/mol. The summed E-state index contributed by atoms with van der Waals surface area (Å²) in [6.45, 7) is 9.72. The first-order chi connectivity index (χ1) is 10.7. The van der Waals surface area contributed by atoms with E-state index in [-0.39, 0.29) is 17.0 Å². The second-order valence-corrected chi connectivity index (χ2v) is 7.96. The van der Waals surface area contributed by atoms with Crippen molar-refractivity contribution in [2.75, 3.05) is 13.1 Å². The third kappa shape index (κ3) is 3.23. The average molecular weight is 315 g/mol. The number of nitrogens with zero attached hydrogens (tertiary/aromatic N) is 2. The van der Waals surface area contributed by atoms with Crippen LogP contribution in [0.25, 0.3) is 0 Å². The van der Waals surface area contributed by atoms with Gasteiger partial charge in [0.2, 0.25) is 0 Å². The molecule has 0 aromatic carbocycles. The van der Waals surface area contributed by atoms with Crippen LogP contribution < -0.4 is 5.69 Å². The Morgan fingerprint density at radius 2 is 2.00 bits per heavy atom. The molecule has 0 saturated carbocycles. The molecule has 1 saturated heterocycles. The van der Waals surface area contributed by atoms with Crippen LogP contribution >= 0.6 is 0 Å². The number of H-pyrrole nitrogens is 1. The number of carbonyl (C=O) groups excluding carboxylic acids is 1. The molecule has 1 aliphatic heterocycles. The Labute approximate surface area is 136 Å². The largest absolute Gasteiger partial charge is 0.345 e. The highest BCUT2D eigenvalue weighted by atomic mass is 16.2. The summed E-state index contributed by atoms with van der Waals surface area (Å²) in [5.41, 5.74) is 1.76. The maximum absolute atomic E-state index is 12.8. The van der Waals surface area contributed by atoms with Crippen molar-refractivity contribution in [1.82, 2.24) is 14.9 Å². The van der Waals surface area contributed by atoms with Crippen molar-refractivity contribution in [2.24, 2.45) is 11.8 Å². The van der Waals surface area contributed by atoms with Gasteiger partial charge in [0.15, 0.2) is 0 Å². The molecule has 1 N–H and O–H groups in total. The topological polar surface area (TPSA) is 66.1 Å². The molecule has 23 heavy (non-hydrogen) atoms. The molecule has 2 heterocycles. The van der Waals surface area contributed by atoms with E-state index in [1.54, 1.807) is 6.07 Å². The van der Waals surface area contributed by atoms with Crippen molar-refractivity contribution in [1.29, 1.82) is 0 Å². The normalized spacial score (nSPS) is 24.3. The highest BCUT2D eigenvalue weighted by Crippen LogP contribution is 2.36. The zero-order chi connectivity index (χ0) is 16.8. The van der Waals surface area contributed by atoms with Crippen LogP contribution in [0.1, 0.15) is 56.7 Å². The Morgan fingerprint density at radius 1 is 1.30 bits per heavy atom. The molecule has 1 amide bonds. The summed E-state index contributed by atoms with van der Waals surface area (Å²) in [6, 6.07) is 1.73. The molecule has 0 spiro atoms. The average Bonchev–Trinajstić information content (AvgIpc) is 2.87. The van der Waals surface area contributed by atoms with Gasteiger partial charge in [0.25, 0.3) is 5.91 Å². The van der Waals surface area contributed by atoms with Crippen molar-refractivity contribution in [3.63, 3.8) is 0 Å². The Morgan fingerprint density at radius 3 is 2.70 bits per heavy atom. The molecular weight excluding hydrogens is 290 g/mol. The first-order valence-electron chi connectivity index (χ1n) is 8.31. The van der Waals surface area contributed by atoms with Crippen LogP contribution in [-0.4, -0.2) is 33.9 Å². The predicted octanol–water partition coefficient (Wildman–Crippen LogP) is 2.50. The fourth-order valence-electron chi connectivity index (χ4n) is 3.59. The minimum Gasteiger partial charge on any atom is -0.337 e. The number of likely N-dealkylation sites (tertiary alicyclic amines) is 1. The number of hydrogen-bond donors (Lipinski definition) is 1. The van der Waals surface area contributed by atoms with E-state index in [2.05, 4.69) is 23.0 Å². The lowest BCUT2D eigenvalue weighted by molar-refractivity contribution is 0.0777. The van der Waals surface area contributed by atoms with Crippen LogP contribution in [0.2, 0.25) is 0 Å². The van der Waals surface area contributed by atoms with Gasteiger partial charge in [0, 0.05) is 24.2 Å². The predicted molar refractivity (Wildman–Crippen MR) is 89.4 cm³/mol. The van der Waals surface area contributed by atoms with Crippen molar-refractivity contribution >= 4 is 5.91 Å². The highest BCUT2D eigenvalue weighted by molar-refractivity contribution is 5.92. The van der Waals surface area contributed by atoms with Gasteiger partial charge in [-0.25, -0.2) is 4.79 Å². The first kappa shape index (κ1) is 16.0. The van der Waals surface area contributed by atoms with Crippen LogP contribution in [0.3, 0.4) is 0 Å². The summed E-state index contributed by atoms with van der Waals surface area (Å²) in [5, 5.41) is 0. The van der Waals surface area contributed by atoms with Crippen LogP contribution in [-0.2, 0) is 5.41 Å². The van der Waals surface area contributed by atoms with E-state index >= 15 is 0 Å². The quantitative estimate of drug-likeness (QED) is 0.810. The molecule has 124 valence electrons. The van der Waals surface area contributed by atoms with Gasteiger partial charge < -0.3 is 9.88 Å². The summed E-state index contributed by atoms with van der Waals surface area (Å²) in [7, 11) is 0. The molecule has 1 aliphatic carbocycles. The summed E-state index contributed by atoms with van der Waals surface area (Å²) in [4.78, 5) is 33.1. The van der Waals surface area contributed by atoms with Gasteiger partial charge in [-0.1, -0.05) is 32.4 Å². The van der Waals surface area contributed by atoms with Gasteiger partial charge in [-0.2, -0.15) is 4.98 Å². The molecular formula is C18H25N3O2. The number of aromatic amines is 1. The molecule has 0 radical (unpaired) electrons. The molecule has 0 bridgehead atoms. The van der Waals surface area contributed by atoms with E-state index in [0.29, 0.717) is 11.8 Å². The molecule has 1 aromatic heterocycles. The van der Waals surface area contributed by atoms with Gasteiger partial charge >= 0.3 is 5.69 Å². The van der Waals surface area contributed by atoms with Gasteiger partial charge in [-0.05, 0) is 37.7 Å². The smallest absolute Gasteiger partial charge is 0.337 e. The molecule has 2 aliphatic rings. The minimum absolute atomic E-state index is 0.117. The van der Waals surface area contributed by atoms with E-state index in [9.17, 15) is 9.59 Å². The number of carbonyl (C=O) groups is 1. The Balaban J connectivity index is 1.82. The number of amides is 1. The summed E-state index contributed by atoms with van der Waals surface area (Å²) < 4.78 is 0. The summed E-state index contributed by atoms with van der Waals surface area (Å²) in [5.74, 6) is 0.980. The van der Waals surface area contributed by atoms with E-state index in [0.717, 1.165) is 31.6 Å². The highest BCUT2D eigenvalue weighted by Gasteiger charge is 2.37. The third-order valence-electron chi connectivity index (χ3n) is 4.99. The van der Waals surface area contributed by atoms with E-state index in [1.165, 1.54) is 5.57 Å². The van der Waals surface area contributed by atoms with Crippen LogP contribution in [0, 0.1) is 11.8 Å². The van der Waals surface area contributed by atoms with Crippen molar-refractivity contribution < 1.29 is 4.79 Å². The van der Waals surface area contributed by atoms with Crippen molar-refractivity contribution in [3.05, 3.63) is 39.6 Å². The number of nitrogens with one attached hydrogen (secondary N) is 1. The zero-order valence-corrected chi connectivity index (χ0v) is 14.3. The molecule has 0 unspecified atom stereocenters. The Kier molecular flexibility index (Phi) is 3.90. The lowest BCUT2D eigenvalue weighted by atomic mass is 9.83. The Bertz CT molecular complexity index is 712. The molecule has 5 nitrogen and oxygen atoms in total. The van der Waals surface area contributed by atoms with Crippen molar-refractivity contribution in [3.8, 4) is 0 Å². The molecule has 1 aromatic rings. The lowest BCUT2D eigenvalue weighted by Crippen LogP contribution is -2.33. The van der Waals surface area contributed by atoms with Crippen LogP contribution in [0.15, 0.2) is 22.5 Å². The second-order valence-electron chi connectivity index (χ2n) is 7.96. The maximum atomic E-state index is 12.8. The number of rotatable bonds is 1. The van der Waals surface area contributed by atoms with Crippen molar-refractivity contribution in [2.45, 2.75) is 46.0 Å². The van der Waals surface area contributed by atoms with Gasteiger partial charge in [0.05, 0.1) is 0 Å². The van der Waals surface area contributed by atoms with Gasteiger partial charge in [0.1, 0.15) is 5.69 Å². The standard InChI is InChI=1S/C18H25N3O2/c1-11-5-6-12-9-21(10-13(12)7-11)16(22)14-8-15(18(2,3)4)20-17(23)19-14/h5,8,12-13H,6-7,9-10H2,1-4H3,(H,19,20,23)/t12-,13+/m0/s1.